The van der Waals surface area contributed by atoms with Crippen LogP contribution in [0.1, 0.15) is 13.8 Å². The normalized spacial score (nSPS) is 11.3. The number of nitrogens with one attached hydrogen (secondary N) is 1. The van der Waals surface area contributed by atoms with Gasteiger partial charge in [-0.3, -0.25) is 4.79 Å². The van der Waals surface area contributed by atoms with Gasteiger partial charge in [-0.15, -0.1) is 0 Å². The number of imidazole rings is 1. The number of benzene rings is 1. The Morgan fingerprint density at radius 1 is 1.17 bits per heavy atom. The lowest BCUT2D eigenvalue weighted by atomic mass is 10.1. The standard InChI is InChI=1S/C25H27FN4O5S/c1-5-35-21(32)11-13-36-25-29-23(17-6-8-19(26)9-7-17)24(30(25)15-22(33-3)34-4)18-10-12-27-20(14-18)28-16(2)31/h6-14,22H,5,15H2,1-4H3,(H,27,28,31)/b13-11+. The van der Waals surface area contributed by atoms with E-state index in [9.17, 15) is 14.0 Å². The van der Waals surface area contributed by atoms with E-state index < -0.39 is 12.3 Å². The summed E-state index contributed by atoms with van der Waals surface area (Å²) in [6, 6.07) is 9.48. The lowest BCUT2D eigenvalue weighted by Gasteiger charge is -2.18. The third kappa shape index (κ3) is 7.00. The molecule has 1 N–H and O–H groups in total. The van der Waals surface area contributed by atoms with E-state index in [0.29, 0.717) is 33.5 Å². The average Bonchev–Trinajstić information content (AvgIpc) is 3.20. The molecule has 3 rings (SSSR count). The van der Waals surface area contributed by atoms with Gasteiger partial charge in [0.25, 0.3) is 0 Å². The second kappa shape index (κ2) is 13.0. The maximum absolute atomic E-state index is 13.7. The highest BCUT2D eigenvalue weighted by Gasteiger charge is 2.23. The quantitative estimate of drug-likeness (QED) is 0.173. The molecule has 0 saturated heterocycles. The summed E-state index contributed by atoms with van der Waals surface area (Å²) in [6.07, 6.45) is 2.28. The largest absolute Gasteiger partial charge is 0.463 e. The van der Waals surface area contributed by atoms with Gasteiger partial charge in [-0.1, -0.05) is 11.8 Å². The van der Waals surface area contributed by atoms with E-state index in [4.69, 9.17) is 19.2 Å². The van der Waals surface area contributed by atoms with E-state index in [0.717, 1.165) is 0 Å². The second-order valence-corrected chi connectivity index (χ2v) is 8.27. The van der Waals surface area contributed by atoms with Crippen LogP contribution in [0, 0.1) is 5.82 Å². The summed E-state index contributed by atoms with van der Waals surface area (Å²) >= 11 is 1.21. The third-order valence-electron chi connectivity index (χ3n) is 4.91. The molecular formula is C25H27FN4O5S. The van der Waals surface area contributed by atoms with Crippen LogP contribution in [0.3, 0.4) is 0 Å². The minimum atomic E-state index is -0.607. The summed E-state index contributed by atoms with van der Waals surface area (Å²) < 4.78 is 31.4. The van der Waals surface area contributed by atoms with E-state index >= 15 is 0 Å². The molecule has 36 heavy (non-hydrogen) atoms. The number of methoxy groups -OCH3 is 2. The number of amides is 1. The first-order chi connectivity index (χ1) is 17.4. The fourth-order valence-corrected chi connectivity index (χ4v) is 4.09. The Kier molecular flexibility index (Phi) is 9.74. The van der Waals surface area contributed by atoms with E-state index in [1.807, 2.05) is 4.57 Å². The van der Waals surface area contributed by atoms with Crippen molar-refractivity contribution in [3.63, 3.8) is 0 Å². The molecule has 1 amide bonds. The molecule has 0 fully saturated rings. The molecule has 0 atom stereocenters. The molecule has 2 aromatic heterocycles. The van der Waals surface area contributed by atoms with Gasteiger partial charge in [-0.25, -0.2) is 19.2 Å². The number of ether oxygens (including phenoxy) is 3. The highest BCUT2D eigenvalue weighted by atomic mass is 32.2. The minimum Gasteiger partial charge on any atom is -0.463 e. The Morgan fingerprint density at radius 2 is 1.89 bits per heavy atom. The summed E-state index contributed by atoms with van der Waals surface area (Å²) in [5, 5.41) is 4.80. The number of rotatable bonds is 11. The van der Waals surface area contributed by atoms with E-state index in [2.05, 4.69) is 10.3 Å². The zero-order chi connectivity index (χ0) is 26.1. The van der Waals surface area contributed by atoms with Crippen LogP contribution in [0.15, 0.2) is 59.2 Å². The summed E-state index contributed by atoms with van der Waals surface area (Å²) in [5.41, 5.74) is 2.60. The van der Waals surface area contributed by atoms with Gasteiger partial charge in [-0.2, -0.15) is 0 Å². The summed E-state index contributed by atoms with van der Waals surface area (Å²) in [5.74, 6) is -0.736. The average molecular weight is 515 g/mol. The maximum Gasteiger partial charge on any atom is 0.331 e. The molecular weight excluding hydrogens is 487 g/mol. The Labute approximate surface area is 212 Å². The molecule has 0 unspecified atom stereocenters. The van der Waals surface area contributed by atoms with Crippen LogP contribution >= 0.6 is 11.8 Å². The van der Waals surface area contributed by atoms with Crippen molar-refractivity contribution in [1.82, 2.24) is 14.5 Å². The Hall–Kier alpha value is -3.54. The molecule has 0 aliphatic rings. The first-order valence-electron chi connectivity index (χ1n) is 11.0. The van der Waals surface area contributed by atoms with Crippen LogP contribution in [0.5, 0.6) is 0 Å². The molecule has 0 bridgehead atoms. The highest BCUT2D eigenvalue weighted by molar-refractivity contribution is 8.02. The Balaban J connectivity index is 2.20. The van der Waals surface area contributed by atoms with Crippen LogP contribution in [0.4, 0.5) is 10.2 Å². The predicted molar refractivity (Wildman–Crippen MR) is 135 cm³/mol. The van der Waals surface area contributed by atoms with E-state index in [1.165, 1.54) is 51.1 Å². The number of halogens is 1. The molecule has 0 aliphatic heterocycles. The van der Waals surface area contributed by atoms with E-state index in [-0.39, 0.29) is 24.9 Å². The fourth-order valence-electron chi connectivity index (χ4n) is 3.36. The number of hydrogen-bond acceptors (Lipinski definition) is 8. The van der Waals surface area contributed by atoms with Crippen molar-refractivity contribution < 1.29 is 28.2 Å². The van der Waals surface area contributed by atoms with Crippen LogP contribution in [0.2, 0.25) is 0 Å². The van der Waals surface area contributed by atoms with Gasteiger partial charge in [-0.05, 0) is 48.7 Å². The molecule has 0 spiro atoms. The van der Waals surface area contributed by atoms with Gasteiger partial charge in [0, 0.05) is 44.5 Å². The lowest BCUT2D eigenvalue weighted by Crippen LogP contribution is -2.21. The van der Waals surface area contributed by atoms with Crippen LogP contribution in [-0.2, 0) is 30.3 Å². The van der Waals surface area contributed by atoms with Crippen molar-refractivity contribution in [2.75, 3.05) is 26.1 Å². The SMILES string of the molecule is CCOC(=O)/C=C/Sc1nc(-c2ccc(F)cc2)c(-c2ccnc(NC(C)=O)c2)n1CC(OC)OC. The number of carbonyl (C=O) groups is 2. The molecule has 1 aromatic carbocycles. The third-order valence-corrected chi connectivity index (χ3v) is 5.70. The smallest absolute Gasteiger partial charge is 0.331 e. The highest BCUT2D eigenvalue weighted by Crippen LogP contribution is 2.37. The van der Waals surface area contributed by atoms with Crippen LogP contribution in [0.25, 0.3) is 22.5 Å². The van der Waals surface area contributed by atoms with Gasteiger partial charge in [0.2, 0.25) is 5.91 Å². The van der Waals surface area contributed by atoms with Crippen molar-refractivity contribution in [3.05, 3.63) is 59.9 Å². The first-order valence-corrected chi connectivity index (χ1v) is 11.9. The molecule has 0 saturated carbocycles. The van der Waals surface area contributed by atoms with Gasteiger partial charge in [0.05, 0.1) is 24.5 Å². The van der Waals surface area contributed by atoms with Crippen molar-refractivity contribution in [2.24, 2.45) is 0 Å². The molecule has 0 aliphatic carbocycles. The van der Waals surface area contributed by atoms with Crippen LogP contribution < -0.4 is 5.32 Å². The number of carbonyl (C=O) groups excluding carboxylic acids is 2. The van der Waals surface area contributed by atoms with Crippen molar-refractivity contribution >= 4 is 29.5 Å². The number of anilines is 1. The number of thioether (sulfide) groups is 1. The zero-order valence-electron chi connectivity index (χ0n) is 20.4. The van der Waals surface area contributed by atoms with Gasteiger partial charge < -0.3 is 24.1 Å². The number of aromatic nitrogens is 3. The van der Waals surface area contributed by atoms with Crippen LogP contribution in [-0.4, -0.2) is 53.5 Å². The minimum absolute atomic E-state index is 0.254. The van der Waals surface area contributed by atoms with E-state index in [1.54, 1.807) is 42.8 Å². The first kappa shape index (κ1) is 27.1. The van der Waals surface area contributed by atoms with Gasteiger partial charge in [0.15, 0.2) is 11.4 Å². The summed E-state index contributed by atoms with van der Waals surface area (Å²) in [4.78, 5) is 32.4. The number of hydrogen-bond donors (Lipinski definition) is 1. The van der Waals surface area contributed by atoms with Gasteiger partial charge in [0.1, 0.15) is 11.6 Å². The Bertz CT molecular complexity index is 1230. The van der Waals surface area contributed by atoms with Crippen molar-refractivity contribution in [2.45, 2.75) is 31.8 Å². The molecule has 0 radical (unpaired) electrons. The predicted octanol–water partition coefficient (Wildman–Crippen LogP) is 4.50. The van der Waals surface area contributed by atoms with Gasteiger partial charge >= 0.3 is 5.97 Å². The molecule has 11 heteroatoms. The maximum atomic E-state index is 13.7. The molecule has 9 nitrogen and oxygen atoms in total. The number of pyridine rings is 1. The number of esters is 1. The number of nitrogens with zero attached hydrogens (tertiary/aromatic N) is 3. The fraction of sp³-hybridized carbons (Fsp3) is 0.280. The summed E-state index contributed by atoms with van der Waals surface area (Å²) in [7, 11) is 3.06. The zero-order valence-corrected chi connectivity index (χ0v) is 21.2. The molecule has 3 aromatic rings. The molecule has 2 heterocycles. The Morgan fingerprint density at radius 3 is 2.53 bits per heavy atom. The second-order valence-electron chi connectivity index (χ2n) is 7.39. The lowest BCUT2D eigenvalue weighted by molar-refractivity contribution is -0.137. The monoisotopic (exact) mass is 514 g/mol. The summed E-state index contributed by atoms with van der Waals surface area (Å²) in [6.45, 7) is 3.65. The van der Waals surface area contributed by atoms with Crippen molar-refractivity contribution in [1.29, 1.82) is 0 Å². The van der Waals surface area contributed by atoms with Crippen molar-refractivity contribution in [3.8, 4) is 22.5 Å². The molecule has 190 valence electrons. The topological polar surface area (TPSA) is 105 Å².